The summed E-state index contributed by atoms with van der Waals surface area (Å²) >= 11 is 0. The first kappa shape index (κ1) is 21.1. The zero-order valence-electron chi connectivity index (χ0n) is 19.0. The first-order valence-electron chi connectivity index (χ1n) is 12.0. The number of ether oxygens (including phenoxy) is 3. The van der Waals surface area contributed by atoms with Crippen LogP contribution in [0.25, 0.3) is 0 Å². The zero-order valence-corrected chi connectivity index (χ0v) is 19.0. The summed E-state index contributed by atoms with van der Waals surface area (Å²) < 4.78 is 17.8. The van der Waals surface area contributed by atoms with Gasteiger partial charge in [0.05, 0.1) is 13.2 Å². The Hall–Kier alpha value is -0.750. The van der Waals surface area contributed by atoms with Crippen LogP contribution in [-0.2, 0) is 19.0 Å². The third-order valence-electron chi connectivity index (χ3n) is 9.72. The third kappa shape index (κ3) is 2.84. The second-order valence-corrected chi connectivity index (χ2v) is 11.2. The van der Waals surface area contributed by atoms with E-state index in [9.17, 15) is 9.90 Å². The molecule has 4 fully saturated rings. The van der Waals surface area contributed by atoms with Gasteiger partial charge in [-0.15, -0.1) is 0 Å². The van der Waals surface area contributed by atoms with Gasteiger partial charge in [-0.2, -0.15) is 0 Å². The number of Topliss-reactive ketones (excluding diaryl/α,β-unsaturated/α-hetero) is 1. The summed E-state index contributed by atoms with van der Waals surface area (Å²) in [6, 6.07) is 0. The van der Waals surface area contributed by atoms with Crippen molar-refractivity contribution in [2.24, 2.45) is 34.5 Å². The molecule has 5 aliphatic rings. The molecule has 1 heterocycles. The average molecular weight is 419 g/mol. The van der Waals surface area contributed by atoms with E-state index in [1.165, 1.54) is 5.57 Å². The number of allylic oxidation sites excluding steroid dienone is 1. The van der Waals surface area contributed by atoms with E-state index in [4.69, 9.17) is 14.2 Å². The molecule has 0 spiro atoms. The zero-order chi connectivity index (χ0) is 21.4. The predicted molar refractivity (Wildman–Crippen MR) is 112 cm³/mol. The lowest BCUT2D eigenvalue weighted by Crippen LogP contribution is -2.57. The number of fused-ring (bicyclic) bond motifs is 5. The molecule has 4 aliphatic carbocycles. The molecule has 1 N–H and O–H groups in total. The summed E-state index contributed by atoms with van der Waals surface area (Å²) in [6.07, 6.45) is 8.11. The molecule has 168 valence electrons. The van der Waals surface area contributed by atoms with E-state index in [0.29, 0.717) is 56.7 Å². The fourth-order valence-corrected chi connectivity index (χ4v) is 8.43. The first-order valence-corrected chi connectivity index (χ1v) is 12.0. The highest BCUT2D eigenvalue weighted by atomic mass is 16.7. The van der Waals surface area contributed by atoms with Crippen LogP contribution in [0.3, 0.4) is 0 Å². The minimum absolute atomic E-state index is 0.0558. The number of rotatable bonds is 3. The molecule has 30 heavy (non-hydrogen) atoms. The molecule has 0 bridgehead atoms. The second kappa shape index (κ2) is 6.87. The van der Waals surface area contributed by atoms with Gasteiger partial charge in [0.25, 0.3) is 0 Å². The molecule has 0 amide bonds. The van der Waals surface area contributed by atoms with Crippen LogP contribution in [0.2, 0.25) is 0 Å². The van der Waals surface area contributed by atoms with E-state index < -0.39 is 11.6 Å². The molecular formula is C25H38O5. The highest BCUT2D eigenvalue weighted by Crippen LogP contribution is 2.67. The van der Waals surface area contributed by atoms with Gasteiger partial charge in [0.15, 0.2) is 11.6 Å². The molecule has 5 nitrogen and oxygen atoms in total. The average Bonchev–Trinajstić information content (AvgIpc) is 3.26. The van der Waals surface area contributed by atoms with Gasteiger partial charge in [-0.05, 0) is 62.2 Å². The number of carbonyl (C=O) groups excluding carboxylic acids is 1. The lowest BCUT2D eigenvalue weighted by Gasteiger charge is -2.58. The molecule has 0 radical (unpaired) electrons. The Labute approximate surface area is 180 Å². The summed E-state index contributed by atoms with van der Waals surface area (Å²) in [7, 11) is 0. The number of carbonyl (C=O) groups is 1. The maximum atomic E-state index is 13.8. The molecule has 1 aliphatic heterocycles. The van der Waals surface area contributed by atoms with Crippen LogP contribution in [0.5, 0.6) is 0 Å². The van der Waals surface area contributed by atoms with Crippen LogP contribution in [0.15, 0.2) is 11.6 Å². The Bertz CT molecular complexity index is 755. The lowest BCUT2D eigenvalue weighted by atomic mass is 9.46. The Kier molecular flexibility index (Phi) is 4.84. The van der Waals surface area contributed by atoms with Crippen molar-refractivity contribution in [3.63, 3.8) is 0 Å². The number of aliphatic hydroxyl groups is 1. The van der Waals surface area contributed by atoms with Crippen LogP contribution in [-0.4, -0.2) is 42.3 Å². The number of hydrogen-bond donors (Lipinski definition) is 1. The van der Waals surface area contributed by atoms with Crippen LogP contribution in [0, 0.1) is 34.5 Å². The molecule has 7 atom stereocenters. The van der Waals surface area contributed by atoms with Gasteiger partial charge in [-0.3, -0.25) is 4.79 Å². The van der Waals surface area contributed by atoms with Crippen molar-refractivity contribution in [3.05, 3.63) is 11.6 Å². The van der Waals surface area contributed by atoms with Gasteiger partial charge < -0.3 is 19.3 Å². The smallest absolute Gasteiger partial charge is 0.169 e. The summed E-state index contributed by atoms with van der Waals surface area (Å²) in [4.78, 5) is 13.8. The molecule has 5 heteroatoms. The molecule has 1 saturated heterocycles. The topological polar surface area (TPSA) is 65.0 Å². The fraction of sp³-hybridized carbons (Fsp3) is 0.880. The molecule has 5 rings (SSSR count). The van der Waals surface area contributed by atoms with E-state index >= 15 is 0 Å². The van der Waals surface area contributed by atoms with Crippen molar-refractivity contribution in [1.29, 1.82) is 0 Å². The van der Waals surface area contributed by atoms with E-state index in [0.717, 1.165) is 25.7 Å². The van der Waals surface area contributed by atoms with Gasteiger partial charge in [0, 0.05) is 37.7 Å². The number of ketones is 1. The summed E-state index contributed by atoms with van der Waals surface area (Å²) in [5, 5.41) is 10.9. The van der Waals surface area contributed by atoms with Gasteiger partial charge in [-0.1, -0.05) is 25.5 Å². The normalized spacial score (nSPS) is 49.9. The summed E-state index contributed by atoms with van der Waals surface area (Å²) in [6.45, 7) is 10.4. The molecule has 3 saturated carbocycles. The predicted octanol–water partition coefficient (Wildman–Crippen LogP) is 4.23. The lowest BCUT2D eigenvalue weighted by molar-refractivity contribution is -0.226. The minimum Gasteiger partial charge on any atom is -0.365 e. The van der Waals surface area contributed by atoms with Crippen molar-refractivity contribution in [3.8, 4) is 0 Å². The Morgan fingerprint density at radius 3 is 2.57 bits per heavy atom. The Morgan fingerprint density at radius 1 is 1.13 bits per heavy atom. The van der Waals surface area contributed by atoms with E-state index in [1.54, 1.807) is 0 Å². The van der Waals surface area contributed by atoms with Gasteiger partial charge in [0.1, 0.15) is 5.78 Å². The minimum atomic E-state index is -1.07. The first-order chi connectivity index (χ1) is 14.2. The molecule has 0 aromatic rings. The molecule has 7 unspecified atom stereocenters. The Balaban J connectivity index is 1.46. The largest absolute Gasteiger partial charge is 0.365 e. The molecular weight excluding hydrogens is 380 g/mol. The highest BCUT2D eigenvalue weighted by molar-refractivity contribution is 5.85. The van der Waals surface area contributed by atoms with Crippen LogP contribution in [0.4, 0.5) is 0 Å². The van der Waals surface area contributed by atoms with Gasteiger partial charge in [-0.25, -0.2) is 0 Å². The van der Waals surface area contributed by atoms with Crippen molar-refractivity contribution < 1.29 is 24.1 Å². The van der Waals surface area contributed by atoms with Crippen molar-refractivity contribution in [2.75, 3.05) is 19.8 Å². The third-order valence-corrected chi connectivity index (χ3v) is 9.72. The highest BCUT2D eigenvalue weighted by Gasteiger charge is 2.65. The van der Waals surface area contributed by atoms with Crippen LogP contribution in [0.1, 0.15) is 72.6 Å². The quantitative estimate of drug-likeness (QED) is 0.549. The molecule has 0 aromatic carbocycles. The summed E-state index contributed by atoms with van der Waals surface area (Å²) in [5.41, 5.74) is 1.04. The van der Waals surface area contributed by atoms with Crippen molar-refractivity contribution >= 4 is 5.78 Å². The maximum Gasteiger partial charge on any atom is 0.169 e. The van der Waals surface area contributed by atoms with Gasteiger partial charge >= 0.3 is 0 Å². The second-order valence-electron chi connectivity index (χ2n) is 11.2. The van der Waals surface area contributed by atoms with Crippen molar-refractivity contribution in [1.82, 2.24) is 0 Å². The maximum absolute atomic E-state index is 13.8. The van der Waals surface area contributed by atoms with Crippen LogP contribution >= 0.6 is 0 Å². The van der Waals surface area contributed by atoms with Gasteiger partial charge in [0.2, 0.25) is 0 Å². The molecule has 0 aromatic heterocycles. The standard InChI is InChI=1S/C25H38O5/c1-5-28-25(27)11-10-22(2)16(14-25)6-7-17-18-8-9-20(24(4)29-12-13-30-24)23(18,3)15-19(26)21(17)22/h6,17-18,20-21,27H,5,7-15H2,1-4H3. The monoisotopic (exact) mass is 418 g/mol. The number of hydrogen-bond acceptors (Lipinski definition) is 5. The van der Waals surface area contributed by atoms with E-state index in [-0.39, 0.29) is 22.7 Å². The summed E-state index contributed by atoms with van der Waals surface area (Å²) in [5.74, 6) is 0.0598. The van der Waals surface area contributed by atoms with Crippen LogP contribution < -0.4 is 0 Å². The van der Waals surface area contributed by atoms with Crippen molar-refractivity contribution in [2.45, 2.75) is 84.2 Å². The fourth-order valence-electron chi connectivity index (χ4n) is 8.43. The Morgan fingerprint density at radius 2 is 1.87 bits per heavy atom. The van der Waals surface area contributed by atoms with E-state index in [1.807, 2.05) is 6.92 Å². The SMILES string of the molecule is CCOC1(O)CCC2(C)C(=CCC3C2C(=O)CC2(C)C3CCC2C2(C)OCCO2)C1. The van der Waals surface area contributed by atoms with E-state index in [2.05, 4.69) is 26.8 Å².